The third kappa shape index (κ3) is 3.28. The Balaban J connectivity index is 3.07. The largest absolute Gasteiger partial charge is 0.394 e. The van der Waals surface area contributed by atoms with Crippen LogP contribution in [0.15, 0.2) is 12.1 Å². The van der Waals surface area contributed by atoms with E-state index in [1.807, 2.05) is 13.8 Å². The number of hydrogen-bond acceptors (Lipinski definition) is 7. The first-order chi connectivity index (χ1) is 8.49. The van der Waals surface area contributed by atoms with Crippen LogP contribution in [-0.2, 0) is 0 Å². The number of rotatable bonds is 6. The number of anilines is 2. The molecule has 1 atom stereocenters. The third-order valence-electron chi connectivity index (χ3n) is 2.54. The maximum Gasteiger partial charge on any atom is 0.311 e. The van der Waals surface area contributed by atoms with Gasteiger partial charge in [0.2, 0.25) is 5.82 Å². The average Bonchev–Trinajstić information content (AvgIpc) is 2.34. The Labute approximate surface area is 104 Å². The number of pyridine rings is 1. The lowest BCUT2D eigenvalue weighted by molar-refractivity contribution is -0.384. The summed E-state index contributed by atoms with van der Waals surface area (Å²) in [6.07, 6.45) is 0. The molecule has 0 amide bonds. The number of nitrogens with two attached hydrogens (primary N) is 1. The van der Waals surface area contributed by atoms with E-state index in [1.54, 1.807) is 0 Å². The van der Waals surface area contributed by atoms with Crippen molar-refractivity contribution in [1.29, 1.82) is 0 Å². The highest BCUT2D eigenvalue weighted by Gasteiger charge is 2.20. The van der Waals surface area contributed by atoms with E-state index in [-0.39, 0.29) is 30.1 Å². The van der Waals surface area contributed by atoms with Gasteiger partial charge in [-0.2, -0.15) is 0 Å². The molecule has 0 radical (unpaired) electrons. The normalized spacial score (nSPS) is 12.3. The Morgan fingerprint density at radius 2 is 2.22 bits per heavy atom. The summed E-state index contributed by atoms with van der Waals surface area (Å²) in [5.41, 5.74) is 2.16. The van der Waals surface area contributed by atoms with Gasteiger partial charge in [-0.1, -0.05) is 13.8 Å². The predicted molar refractivity (Wildman–Crippen MR) is 68.0 cm³/mol. The van der Waals surface area contributed by atoms with Crippen LogP contribution in [0.25, 0.3) is 0 Å². The van der Waals surface area contributed by atoms with E-state index in [1.165, 1.54) is 12.1 Å². The fraction of sp³-hybridized carbons (Fsp3) is 0.500. The van der Waals surface area contributed by atoms with E-state index >= 15 is 0 Å². The van der Waals surface area contributed by atoms with Gasteiger partial charge in [-0.25, -0.2) is 10.8 Å². The molecule has 0 aliphatic heterocycles. The Morgan fingerprint density at radius 1 is 1.56 bits per heavy atom. The monoisotopic (exact) mass is 255 g/mol. The van der Waals surface area contributed by atoms with Gasteiger partial charge in [0, 0.05) is 6.07 Å². The summed E-state index contributed by atoms with van der Waals surface area (Å²) in [5.74, 6) is 5.71. The van der Waals surface area contributed by atoms with Crippen molar-refractivity contribution in [2.75, 3.05) is 17.3 Å². The molecule has 0 bridgehead atoms. The van der Waals surface area contributed by atoms with Crippen LogP contribution in [0.2, 0.25) is 0 Å². The zero-order valence-electron chi connectivity index (χ0n) is 10.3. The van der Waals surface area contributed by atoms with Crippen molar-refractivity contribution in [3.63, 3.8) is 0 Å². The molecular weight excluding hydrogens is 238 g/mol. The molecule has 8 nitrogen and oxygen atoms in total. The van der Waals surface area contributed by atoms with E-state index < -0.39 is 4.92 Å². The first-order valence-corrected chi connectivity index (χ1v) is 5.49. The Hall–Kier alpha value is -1.93. The molecule has 1 aromatic heterocycles. The smallest absolute Gasteiger partial charge is 0.311 e. The SMILES string of the molecule is CC(C)[C@@H](CO)Nc1nc(NN)ccc1[N+](=O)[O-]. The molecule has 0 aliphatic carbocycles. The van der Waals surface area contributed by atoms with Gasteiger partial charge in [0.1, 0.15) is 5.82 Å². The second-order valence-electron chi connectivity index (χ2n) is 4.14. The van der Waals surface area contributed by atoms with Gasteiger partial charge in [0.05, 0.1) is 17.6 Å². The molecule has 0 saturated heterocycles. The molecule has 0 spiro atoms. The Morgan fingerprint density at radius 3 is 2.67 bits per heavy atom. The minimum Gasteiger partial charge on any atom is -0.394 e. The summed E-state index contributed by atoms with van der Waals surface area (Å²) in [6, 6.07) is 2.40. The van der Waals surface area contributed by atoms with Crippen LogP contribution in [0.1, 0.15) is 13.8 Å². The van der Waals surface area contributed by atoms with Gasteiger partial charge in [-0.05, 0) is 12.0 Å². The summed E-state index contributed by atoms with van der Waals surface area (Å²) < 4.78 is 0. The molecule has 5 N–H and O–H groups in total. The molecule has 8 heteroatoms. The Bertz CT molecular complexity index is 424. The van der Waals surface area contributed by atoms with Crippen LogP contribution in [0.4, 0.5) is 17.3 Å². The fourth-order valence-electron chi connectivity index (χ4n) is 1.38. The molecular formula is C10H17N5O3. The van der Waals surface area contributed by atoms with Gasteiger partial charge < -0.3 is 15.8 Å². The van der Waals surface area contributed by atoms with E-state index in [0.717, 1.165) is 0 Å². The first kappa shape index (κ1) is 14.1. The van der Waals surface area contributed by atoms with Crippen LogP contribution in [0.5, 0.6) is 0 Å². The van der Waals surface area contributed by atoms with E-state index in [0.29, 0.717) is 5.82 Å². The van der Waals surface area contributed by atoms with Gasteiger partial charge in [0.15, 0.2) is 0 Å². The van der Waals surface area contributed by atoms with Crippen molar-refractivity contribution in [1.82, 2.24) is 4.98 Å². The van der Waals surface area contributed by atoms with Crippen LogP contribution in [0, 0.1) is 16.0 Å². The van der Waals surface area contributed by atoms with Crippen LogP contribution in [-0.4, -0.2) is 27.7 Å². The number of aliphatic hydroxyl groups excluding tert-OH is 1. The first-order valence-electron chi connectivity index (χ1n) is 5.49. The van der Waals surface area contributed by atoms with Crippen molar-refractivity contribution in [2.24, 2.45) is 11.8 Å². The lowest BCUT2D eigenvalue weighted by atomic mass is 10.1. The number of hydrazine groups is 1. The van der Waals surface area contributed by atoms with Gasteiger partial charge >= 0.3 is 5.69 Å². The average molecular weight is 255 g/mol. The minimum atomic E-state index is -0.537. The second kappa shape index (κ2) is 6.12. The number of nitrogens with one attached hydrogen (secondary N) is 2. The summed E-state index contributed by atoms with van der Waals surface area (Å²) in [4.78, 5) is 14.3. The van der Waals surface area contributed by atoms with Crippen LogP contribution < -0.4 is 16.6 Å². The number of hydrogen-bond donors (Lipinski definition) is 4. The van der Waals surface area contributed by atoms with Crippen molar-refractivity contribution < 1.29 is 10.0 Å². The fourth-order valence-corrected chi connectivity index (χ4v) is 1.38. The van der Waals surface area contributed by atoms with Gasteiger partial charge in [-0.3, -0.25) is 10.1 Å². The standard InChI is InChI=1S/C10H17N5O3/c1-6(2)7(5-16)12-10-8(15(17)18)3-4-9(13-10)14-11/h3-4,6-7,16H,5,11H2,1-2H3,(H2,12,13,14)/t7-/m1/s1. The zero-order valence-corrected chi connectivity index (χ0v) is 10.3. The van der Waals surface area contributed by atoms with Crippen LogP contribution in [0.3, 0.4) is 0 Å². The number of aliphatic hydroxyl groups is 1. The minimum absolute atomic E-state index is 0.0863. The molecule has 0 aliphatic rings. The lowest BCUT2D eigenvalue weighted by Gasteiger charge is -2.20. The van der Waals surface area contributed by atoms with Crippen molar-refractivity contribution in [2.45, 2.75) is 19.9 Å². The van der Waals surface area contributed by atoms with Crippen molar-refractivity contribution in [3.8, 4) is 0 Å². The second-order valence-corrected chi connectivity index (χ2v) is 4.14. The summed E-state index contributed by atoms with van der Waals surface area (Å²) in [5, 5.41) is 22.9. The van der Waals surface area contributed by atoms with Gasteiger partial charge in [-0.15, -0.1) is 0 Å². The molecule has 0 saturated carbocycles. The molecule has 0 unspecified atom stereocenters. The highest BCUT2D eigenvalue weighted by molar-refractivity contribution is 5.60. The molecule has 100 valence electrons. The molecule has 0 aromatic carbocycles. The summed E-state index contributed by atoms with van der Waals surface area (Å²) in [7, 11) is 0. The maximum absolute atomic E-state index is 10.9. The molecule has 1 aromatic rings. The van der Waals surface area contributed by atoms with Crippen LogP contribution >= 0.6 is 0 Å². The zero-order chi connectivity index (χ0) is 13.7. The highest BCUT2D eigenvalue weighted by atomic mass is 16.6. The number of aromatic nitrogens is 1. The molecule has 0 fully saturated rings. The lowest BCUT2D eigenvalue weighted by Crippen LogP contribution is -2.30. The Kier molecular flexibility index (Phi) is 4.81. The van der Waals surface area contributed by atoms with E-state index in [2.05, 4.69) is 15.7 Å². The summed E-state index contributed by atoms with van der Waals surface area (Å²) in [6.45, 7) is 3.65. The maximum atomic E-state index is 10.9. The predicted octanol–water partition coefficient (Wildman–Crippen LogP) is 0.704. The van der Waals surface area contributed by atoms with Crippen molar-refractivity contribution >= 4 is 17.3 Å². The third-order valence-corrected chi connectivity index (χ3v) is 2.54. The highest BCUT2D eigenvalue weighted by Crippen LogP contribution is 2.25. The van der Waals surface area contributed by atoms with Crippen molar-refractivity contribution in [3.05, 3.63) is 22.2 Å². The number of nitrogens with zero attached hydrogens (tertiary/aromatic N) is 2. The summed E-state index contributed by atoms with van der Waals surface area (Å²) >= 11 is 0. The van der Waals surface area contributed by atoms with Gasteiger partial charge in [0.25, 0.3) is 0 Å². The van der Waals surface area contributed by atoms with E-state index in [9.17, 15) is 15.2 Å². The molecule has 1 rings (SSSR count). The topological polar surface area (TPSA) is 126 Å². The number of nitrogen functional groups attached to an aromatic ring is 1. The molecule has 18 heavy (non-hydrogen) atoms. The number of nitro groups is 1. The van der Waals surface area contributed by atoms with E-state index in [4.69, 9.17) is 5.84 Å². The quantitative estimate of drug-likeness (QED) is 0.335. The molecule has 1 heterocycles.